The normalized spacial score (nSPS) is 28.9. The number of rotatable bonds is 3. The number of halogens is 6. The number of likely N-dealkylation sites (tertiary alicyclic amines) is 1. The van der Waals surface area contributed by atoms with Gasteiger partial charge in [-0.2, -0.15) is 0 Å². The molecular weight excluding hydrogens is 380 g/mol. The Morgan fingerprint density at radius 1 is 1.07 bits per heavy atom. The highest BCUT2D eigenvalue weighted by Gasteiger charge is 2.48. The first-order valence-electron chi connectivity index (χ1n) is 8.13. The highest BCUT2D eigenvalue weighted by molar-refractivity contribution is 5.49. The molecule has 0 amide bonds. The molecule has 10 heteroatoms. The predicted molar refractivity (Wildman–Crippen MR) is 82.3 cm³/mol. The molecule has 0 spiro atoms. The molecule has 1 aromatic carbocycles. The standard InChI is InChI=1S/C17H17F6NO3/c1-24-7-6-15(5-4-11(25)9-14(15)24)10-2-3-12(26-16(18,19)20)13(8-10)27-17(21,22)23/h2-5,8,11,14,25H,6-7,9H2,1H3/t11-,14+,15+/m1/s1. The van der Waals surface area contributed by atoms with E-state index in [9.17, 15) is 31.4 Å². The third-order valence-corrected chi connectivity index (χ3v) is 5.02. The zero-order valence-corrected chi connectivity index (χ0v) is 14.1. The van der Waals surface area contributed by atoms with Crippen LogP contribution in [-0.2, 0) is 5.41 Å². The van der Waals surface area contributed by atoms with Crippen LogP contribution in [0.2, 0.25) is 0 Å². The average molecular weight is 397 g/mol. The smallest absolute Gasteiger partial charge is 0.402 e. The number of aliphatic hydroxyl groups is 1. The van der Waals surface area contributed by atoms with E-state index in [1.54, 1.807) is 12.2 Å². The molecular formula is C17H17F6NO3. The third-order valence-electron chi connectivity index (χ3n) is 5.02. The Hall–Kier alpha value is -1.94. The number of likely N-dealkylation sites (N-methyl/N-ethyl adjacent to an activating group) is 1. The molecule has 0 bridgehead atoms. The lowest BCUT2D eigenvalue weighted by Gasteiger charge is -2.39. The third kappa shape index (κ3) is 4.16. The van der Waals surface area contributed by atoms with Crippen molar-refractivity contribution in [1.29, 1.82) is 0 Å². The van der Waals surface area contributed by atoms with E-state index in [0.717, 1.165) is 12.1 Å². The lowest BCUT2D eigenvalue weighted by molar-refractivity contribution is -0.287. The van der Waals surface area contributed by atoms with E-state index >= 15 is 0 Å². The van der Waals surface area contributed by atoms with Crippen LogP contribution in [0.1, 0.15) is 18.4 Å². The number of nitrogens with zero attached hydrogens (tertiary/aromatic N) is 1. The number of hydrogen-bond acceptors (Lipinski definition) is 4. The number of hydrogen-bond donors (Lipinski definition) is 1. The van der Waals surface area contributed by atoms with Crippen LogP contribution >= 0.6 is 0 Å². The molecule has 1 aliphatic carbocycles. The van der Waals surface area contributed by atoms with Crippen LogP contribution in [0.3, 0.4) is 0 Å². The maximum Gasteiger partial charge on any atom is 0.573 e. The van der Waals surface area contributed by atoms with E-state index in [1.807, 2.05) is 11.9 Å². The summed E-state index contributed by atoms with van der Waals surface area (Å²) < 4.78 is 83.1. The summed E-state index contributed by atoms with van der Waals surface area (Å²) >= 11 is 0. The number of ether oxygens (including phenoxy) is 2. The Morgan fingerprint density at radius 3 is 2.33 bits per heavy atom. The molecule has 1 aliphatic heterocycles. The van der Waals surface area contributed by atoms with Crippen molar-refractivity contribution in [2.24, 2.45) is 0 Å². The second-order valence-electron chi connectivity index (χ2n) is 6.71. The Labute approximate surface area is 151 Å². The van der Waals surface area contributed by atoms with E-state index in [0.29, 0.717) is 24.9 Å². The molecule has 3 atom stereocenters. The minimum Gasteiger partial charge on any atom is -0.402 e. The molecule has 150 valence electrons. The molecule has 1 saturated heterocycles. The fourth-order valence-electron chi connectivity index (χ4n) is 3.90. The topological polar surface area (TPSA) is 41.9 Å². The van der Waals surface area contributed by atoms with Crippen LogP contribution in [-0.4, -0.2) is 48.5 Å². The number of aliphatic hydroxyl groups excluding tert-OH is 1. The predicted octanol–water partition coefficient (Wildman–Crippen LogP) is 3.75. The quantitative estimate of drug-likeness (QED) is 0.623. The van der Waals surface area contributed by atoms with Gasteiger partial charge in [0.1, 0.15) is 0 Å². The summed E-state index contributed by atoms with van der Waals surface area (Å²) in [5.74, 6) is -2.12. The van der Waals surface area contributed by atoms with Gasteiger partial charge >= 0.3 is 12.7 Å². The van der Waals surface area contributed by atoms with Crippen molar-refractivity contribution >= 4 is 0 Å². The Balaban J connectivity index is 2.06. The first-order valence-corrected chi connectivity index (χ1v) is 8.13. The SMILES string of the molecule is CN1CC[C@]2(c3ccc(OC(F)(F)F)c(OC(F)(F)F)c3)C=C[C@@H](O)C[C@H]12. The maximum absolute atomic E-state index is 12.7. The molecule has 0 aromatic heterocycles. The van der Waals surface area contributed by atoms with Crippen molar-refractivity contribution in [3.05, 3.63) is 35.9 Å². The average Bonchev–Trinajstić information content (AvgIpc) is 2.84. The van der Waals surface area contributed by atoms with Crippen LogP contribution in [0.5, 0.6) is 11.5 Å². The summed E-state index contributed by atoms with van der Waals surface area (Å²) in [6.07, 6.45) is -6.85. The van der Waals surface area contributed by atoms with Crippen molar-refractivity contribution < 1.29 is 40.9 Å². The van der Waals surface area contributed by atoms with E-state index in [4.69, 9.17) is 0 Å². The second kappa shape index (κ2) is 6.59. The number of fused-ring (bicyclic) bond motifs is 1. The number of benzene rings is 1. The van der Waals surface area contributed by atoms with Gasteiger partial charge in [-0.1, -0.05) is 18.2 Å². The lowest BCUT2D eigenvalue weighted by Crippen LogP contribution is -2.44. The Bertz CT molecular complexity index is 732. The van der Waals surface area contributed by atoms with Gasteiger partial charge in [0.25, 0.3) is 0 Å². The fourth-order valence-corrected chi connectivity index (χ4v) is 3.90. The van der Waals surface area contributed by atoms with E-state index in [-0.39, 0.29) is 6.04 Å². The maximum atomic E-state index is 12.7. The Kier molecular flexibility index (Phi) is 4.84. The first kappa shape index (κ1) is 19.8. The van der Waals surface area contributed by atoms with Crippen LogP contribution in [0, 0.1) is 0 Å². The van der Waals surface area contributed by atoms with E-state index < -0.39 is 35.7 Å². The number of alkyl halides is 6. The van der Waals surface area contributed by atoms with Crippen LogP contribution in [0.15, 0.2) is 30.4 Å². The molecule has 1 heterocycles. The van der Waals surface area contributed by atoms with Crippen LogP contribution in [0.4, 0.5) is 26.3 Å². The molecule has 1 N–H and O–H groups in total. The second-order valence-corrected chi connectivity index (χ2v) is 6.71. The van der Waals surface area contributed by atoms with Crippen molar-refractivity contribution in [2.45, 2.75) is 43.1 Å². The molecule has 2 aliphatic rings. The molecule has 0 radical (unpaired) electrons. The van der Waals surface area contributed by atoms with Gasteiger partial charge in [0.15, 0.2) is 11.5 Å². The van der Waals surface area contributed by atoms with Crippen molar-refractivity contribution in [3.63, 3.8) is 0 Å². The zero-order valence-electron chi connectivity index (χ0n) is 14.1. The summed E-state index contributed by atoms with van der Waals surface area (Å²) in [6, 6.07) is 2.86. The van der Waals surface area contributed by atoms with Gasteiger partial charge in [-0.3, -0.25) is 0 Å². The van der Waals surface area contributed by atoms with Crippen molar-refractivity contribution in [2.75, 3.05) is 13.6 Å². The minimum atomic E-state index is -5.18. The monoisotopic (exact) mass is 397 g/mol. The van der Waals surface area contributed by atoms with Gasteiger partial charge in [-0.05, 0) is 44.1 Å². The fraction of sp³-hybridized carbons (Fsp3) is 0.529. The molecule has 3 rings (SSSR count). The van der Waals surface area contributed by atoms with Gasteiger partial charge < -0.3 is 19.5 Å². The van der Waals surface area contributed by atoms with Gasteiger partial charge in [0.05, 0.1) is 6.10 Å². The van der Waals surface area contributed by atoms with E-state index in [2.05, 4.69) is 9.47 Å². The van der Waals surface area contributed by atoms with Gasteiger partial charge in [0.2, 0.25) is 0 Å². The van der Waals surface area contributed by atoms with Gasteiger partial charge in [-0.25, -0.2) is 0 Å². The van der Waals surface area contributed by atoms with E-state index in [1.165, 1.54) is 6.07 Å². The lowest BCUT2D eigenvalue weighted by atomic mass is 9.69. The highest BCUT2D eigenvalue weighted by atomic mass is 19.4. The van der Waals surface area contributed by atoms with Crippen LogP contribution < -0.4 is 9.47 Å². The summed E-state index contributed by atoms with van der Waals surface area (Å²) in [7, 11) is 1.83. The molecule has 1 aromatic rings. The van der Waals surface area contributed by atoms with Crippen molar-refractivity contribution in [3.8, 4) is 11.5 Å². The largest absolute Gasteiger partial charge is 0.573 e. The first-order chi connectivity index (χ1) is 12.4. The highest BCUT2D eigenvalue weighted by Crippen LogP contribution is 2.48. The molecule has 4 nitrogen and oxygen atoms in total. The summed E-state index contributed by atoms with van der Waals surface area (Å²) in [6.45, 7) is 0.623. The molecule has 1 fully saturated rings. The summed E-state index contributed by atoms with van der Waals surface area (Å²) in [5, 5.41) is 9.88. The van der Waals surface area contributed by atoms with Crippen molar-refractivity contribution in [1.82, 2.24) is 4.90 Å². The minimum absolute atomic E-state index is 0.203. The van der Waals surface area contributed by atoms with Gasteiger partial charge in [0, 0.05) is 11.5 Å². The molecule has 27 heavy (non-hydrogen) atoms. The Morgan fingerprint density at radius 2 is 1.70 bits per heavy atom. The summed E-state index contributed by atoms with van der Waals surface area (Å²) in [5.41, 5.74) is -0.358. The summed E-state index contributed by atoms with van der Waals surface area (Å²) in [4.78, 5) is 1.97. The zero-order chi connectivity index (χ0) is 20.0. The molecule has 0 saturated carbocycles. The van der Waals surface area contributed by atoms with Gasteiger partial charge in [-0.15, -0.1) is 26.3 Å². The molecule has 0 unspecified atom stereocenters. The van der Waals surface area contributed by atoms with Crippen LogP contribution in [0.25, 0.3) is 0 Å².